The second-order valence-corrected chi connectivity index (χ2v) is 7.64. The van der Waals surface area contributed by atoms with Crippen LogP contribution in [0.5, 0.6) is 0 Å². The molecule has 1 aliphatic rings. The molecule has 1 heterocycles. The second kappa shape index (κ2) is 7.88. The third-order valence-corrected chi connectivity index (χ3v) is 4.44. The molecular weight excluding hydrogens is 316 g/mol. The van der Waals surface area contributed by atoms with Gasteiger partial charge in [-0.05, 0) is 57.7 Å². The lowest BCUT2D eigenvalue weighted by Gasteiger charge is -2.42. The number of carbonyl (C=O) groups is 1. The van der Waals surface area contributed by atoms with E-state index in [0.29, 0.717) is 25.3 Å². The van der Waals surface area contributed by atoms with Gasteiger partial charge in [0.15, 0.2) is 0 Å². The molecule has 0 aromatic heterocycles. The molecule has 0 aliphatic carbocycles. The summed E-state index contributed by atoms with van der Waals surface area (Å²) in [6.45, 7) is 9.39. The Kier molecular flexibility index (Phi) is 6.07. The van der Waals surface area contributed by atoms with Crippen molar-refractivity contribution in [3.63, 3.8) is 0 Å². The summed E-state index contributed by atoms with van der Waals surface area (Å²) in [6.07, 6.45) is 2.36. The SMILES string of the molecule is CCC1(OCc2cccc(C#N)c2)CCCN(C(=O)OC(C)(C)C)C1. The van der Waals surface area contributed by atoms with E-state index in [4.69, 9.17) is 14.7 Å². The zero-order valence-electron chi connectivity index (χ0n) is 15.7. The van der Waals surface area contributed by atoms with E-state index in [1.807, 2.05) is 39.0 Å². The summed E-state index contributed by atoms with van der Waals surface area (Å²) in [5.41, 5.74) is 0.742. The number of likely N-dealkylation sites (tertiary alicyclic amines) is 1. The normalized spacial score (nSPS) is 20.8. The quantitative estimate of drug-likeness (QED) is 0.819. The minimum absolute atomic E-state index is 0.278. The maximum absolute atomic E-state index is 12.4. The van der Waals surface area contributed by atoms with E-state index in [1.165, 1.54) is 0 Å². The molecule has 136 valence electrons. The standard InChI is InChI=1S/C20H28N2O3/c1-5-20(24-14-17-9-6-8-16(12-17)13-21)10-7-11-22(15-20)18(23)25-19(2,3)4/h6,8-9,12H,5,7,10-11,14-15H2,1-4H3. The number of hydrogen-bond acceptors (Lipinski definition) is 4. The fourth-order valence-corrected chi connectivity index (χ4v) is 3.06. The number of nitrogens with zero attached hydrogens (tertiary/aromatic N) is 2. The van der Waals surface area contributed by atoms with Gasteiger partial charge < -0.3 is 14.4 Å². The van der Waals surface area contributed by atoms with Crippen LogP contribution in [0.2, 0.25) is 0 Å². The topological polar surface area (TPSA) is 62.6 Å². The molecule has 2 rings (SSSR count). The molecule has 1 aromatic carbocycles. The maximum Gasteiger partial charge on any atom is 0.410 e. The number of amides is 1. The summed E-state index contributed by atoms with van der Waals surface area (Å²) in [4.78, 5) is 14.1. The molecule has 1 aromatic rings. The fraction of sp³-hybridized carbons (Fsp3) is 0.600. The minimum atomic E-state index is -0.498. The Labute approximate surface area is 150 Å². The van der Waals surface area contributed by atoms with Crippen LogP contribution in [-0.2, 0) is 16.1 Å². The maximum atomic E-state index is 12.4. The monoisotopic (exact) mass is 344 g/mol. The Morgan fingerprint density at radius 1 is 1.40 bits per heavy atom. The van der Waals surface area contributed by atoms with Crippen LogP contribution in [0.1, 0.15) is 58.1 Å². The van der Waals surface area contributed by atoms with Crippen molar-refractivity contribution >= 4 is 6.09 Å². The van der Waals surface area contributed by atoms with Gasteiger partial charge in [0.05, 0.1) is 30.4 Å². The molecule has 1 atom stereocenters. The van der Waals surface area contributed by atoms with Gasteiger partial charge in [0, 0.05) is 6.54 Å². The lowest BCUT2D eigenvalue weighted by Crippen LogP contribution is -2.52. The van der Waals surface area contributed by atoms with Crippen molar-refractivity contribution in [2.45, 2.75) is 64.8 Å². The van der Waals surface area contributed by atoms with E-state index < -0.39 is 5.60 Å². The summed E-state index contributed by atoms with van der Waals surface area (Å²) in [5, 5.41) is 9.02. The third-order valence-electron chi connectivity index (χ3n) is 4.44. The Bertz CT molecular complexity index is 645. The van der Waals surface area contributed by atoms with Crippen LogP contribution < -0.4 is 0 Å². The van der Waals surface area contributed by atoms with Crippen LogP contribution in [0.3, 0.4) is 0 Å². The number of ether oxygens (including phenoxy) is 2. The molecule has 0 radical (unpaired) electrons. The van der Waals surface area contributed by atoms with Gasteiger partial charge in [-0.1, -0.05) is 19.1 Å². The van der Waals surface area contributed by atoms with E-state index >= 15 is 0 Å². The van der Waals surface area contributed by atoms with E-state index in [1.54, 1.807) is 11.0 Å². The second-order valence-electron chi connectivity index (χ2n) is 7.64. The first-order chi connectivity index (χ1) is 11.8. The van der Waals surface area contributed by atoms with Crippen LogP contribution in [0.15, 0.2) is 24.3 Å². The lowest BCUT2D eigenvalue weighted by molar-refractivity contribution is -0.101. The molecule has 1 amide bonds. The van der Waals surface area contributed by atoms with E-state index in [0.717, 1.165) is 24.8 Å². The van der Waals surface area contributed by atoms with Gasteiger partial charge >= 0.3 is 6.09 Å². The number of nitriles is 1. The molecule has 1 aliphatic heterocycles. The average molecular weight is 344 g/mol. The highest BCUT2D eigenvalue weighted by Crippen LogP contribution is 2.30. The van der Waals surface area contributed by atoms with E-state index in [2.05, 4.69) is 13.0 Å². The van der Waals surface area contributed by atoms with Crippen LogP contribution in [-0.4, -0.2) is 35.3 Å². The molecule has 5 heteroatoms. The highest BCUT2D eigenvalue weighted by molar-refractivity contribution is 5.68. The van der Waals surface area contributed by atoms with Crippen molar-refractivity contribution in [1.82, 2.24) is 4.90 Å². The van der Waals surface area contributed by atoms with Crippen molar-refractivity contribution in [3.8, 4) is 6.07 Å². The van der Waals surface area contributed by atoms with Crippen molar-refractivity contribution in [2.75, 3.05) is 13.1 Å². The van der Waals surface area contributed by atoms with Crippen molar-refractivity contribution in [2.24, 2.45) is 0 Å². The summed E-state index contributed by atoms with van der Waals surface area (Å²) >= 11 is 0. The van der Waals surface area contributed by atoms with Gasteiger partial charge in [-0.25, -0.2) is 4.79 Å². The van der Waals surface area contributed by atoms with Crippen molar-refractivity contribution in [3.05, 3.63) is 35.4 Å². The number of hydrogen-bond donors (Lipinski definition) is 0. The van der Waals surface area contributed by atoms with Crippen LogP contribution in [0, 0.1) is 11.3 Å². The molecule has 1 fully saturated rings. The van der Waals surface area contributed by atoms with E-state index in [-0.39, 0.29) is 11.7 Å². The van der Waals surface area contributed by atoms with Gasteiger partial charge in [0.1, 0.15) is 5.60 Å². The molecule has 0 spiro atoms. The predicted octanol–water partition coefficient (Wildman–Crippen LogP) is 4.25. The predicted molar refractivity (Wildman–Crippen MR) is 96.0 cm³/mol. The molecule has 0 N–H and O–H groups in total. The molecule has 1 unspecified atom stereocenters. The zero-order chi connectivity index (χ0) is 18.5. The van der Waals surface area contributed by atoms with Crippen molar-refractivity contribution in [1.29, 1.82) is 5.26 Å². The summed E-state index contributed by atoms with van der Waals surface area (Å²) in [6, 6.07) is 9.60. The largest absolute Gasteiger partial charge is 0.444 e. The Balaban J connectivity index is 2.03. The number of benzene rings is 1. The number of rotatable bonds is 4. The first-order valence-corrected chi connectivity index (χ1v) is 8.88. The highest BCUT2D eigenvalue weighted by atomic mass is 16.6. The minimum Gasteiger partial charge on any atom is -0.444 e. The Morgan fingerprint density at radius 2 is 2.16 bits per heavy atom. The Hall–Kier alpha value is -2.06. The number of carbonyl (C=O) groups excluding carboxylic acids is 1. The smallest absolute Gasteiger partial charge is 0.410 e. The lowest BCUT2D eigenvalue weighted by atomic mass is 9.90. The molecule has 0 bridgehead atoms. The molecule has 25 heavy (non-hydrogen) atoms. The van der Waals surface area contributed by atoms with Gasteiger partial charge in [-0.3, -0.25) is 0 Å². The van der Waals surface area contributed by atoms with Crippen LogP contribution in [0.4, 0.5) is 4.79 Å². The average Bonchev–Trinajstić information content (AvgIpc) is 2.59. The van der Waals surface area contributed by atoms with Gasteiger partial charge in [-0.15, -0.1) is 0 Å². The van der Waals surface area contributed by atoms with E-state index in [9.17, 15) is 4.79 Å². The first-order valence-electron chi connectivity index (χ1n) is 8.88. The van der Waals surface area contributed by atoms with Gasteiger partial charge in [0.25, 0.3) is 0 Å². The third kappa shape index (κ3) is 5.47. The molecular formula is C20H28N2O3. The summed E-state index contributed by atoms with van der Waals surface area (Å²) < 4.78 is 11.8. The molecule has 0 saturated carbocycles. The molecule has 1 saturated heterocycles. The molecule has 5 nitrogen and oxygen atoms in total. The highest BCUT2D eigenvalue weighted by Gasteiger charge is 2.38. The summed E-state index contributed by atoms with van der Waals surface area (Å²) in [5.74, 6) is 0. The first kappa shape index (κ1) is 19.3. The Morgan fingerprint density at radius 3 is 2.80 bits per heavy atom. The van der Waals surface area contributed by atoms with Gasteiger partial charge in [-0.2, -0.15) is 5.26 Å². The summed E-state index contributed by atoms with van der Waals surface area (Å²) in [7, 11) is 0. The van der Waals surface area contributed by atoms with Gasteiger partial charge in [0.2, 0.25) is 0 Å². The van der Waals surface area contributed by atoms with Crippen molar-refractivity contribution < 1.29 is 14.3 Å². The number of piperidine rings is 1. The zero-order valence-corrected chi connectivity index (χ0v) is 15.7. The fourth-order valence-electron chi connectivity index (χ4n) is 3.06. The van der Waals surface area contributed by atoms with Crippen LogP contribution in [0.25, 0.3) is 0 Å². The van der Waals surface area contributed by atoms with Crippen LogP contribution >= 0.6 is 0 Å².